The number of piperidine rings is 1. The van der Waals surface area contributed by atoms with Gasteiger partial charge in [0.05, 0.1) is 5.92 Å². The van der Waals surface area contributed by atoms with Gasteiger partial charge < -0.3 is 11.8 Å². The third-order valence-electron chi connectivity index (χ3n) is 1.69. The van der Waals surface area contributed by atoms with E-state index < -0.39 is 5.97 Å². The van der Waals surface area contributed by atoms with Gasteiger partial charge in [-0.25, -0.2) is 0 Å². The molecular weight excluding hydrogens is 141 g/mol. The summed E-state index contributed by atoms with van der Waals surface area (Å²) in [5.74, 6) is -0.734. The Kier molecular flexibility index (Phi) is 5.35. The van der Waals surface area contributed by atoms with Gasteiger partial charge in [-0.1, -0.05) is 0 Å². The minimum atomic E-state index is -0.642. The topological polar surface area (TPSA) is 49.3 Å². The molecule has 2 N–H and O–H groups in total. The predicted octanol–water partition coefficient (Wildman–Crippen LogP) is -2.81. The van der Waals surface area contributed by atoms with Crippen molar-refractivity contribution in [3.8, 4) is 0 Å². The largest absolute Gasteiger partial charge is 1.00 e. The van der Waals surface area contributed by atoms with Crippen molar-refractivity contribution in [1.29, 1.82) is 0 Å². The molecule has 0 saturated carbocycles. The van der Waals surface area contributed by atoms with Crippen LogP contribution in [0.3, 0.4) is 0 Å². The molecule has 0 aromatic carbocycles. The molecule has 1 aliphatic heterocycles. The molecule has 0 amide bonds. The summed E-state index contributed by atoms with van der Waals surface area (Å²) in [4.78, 5) is 10.3. The Bertz CT molecular complexity index is 117. The number of rotatable bonds is 1. The summed E-state index contributed by atoms with van der Waals surface area (Å²) in [6.07, 6.45) is 1.57. The van der Waals surface area contributed by atoms with Crippen LogP contribution in [0.2, 0.25) is 0 Å². The molecule has 0 radical (unpaired) electrons. The van der Waals surface area contributed by atoms with Gasteiger partial charge in [-0.3, -0.25) is 4.79 Å². The Labute approximate surface area is 84.0 Å². The van der Waals surface area contributed by atoms with E-state index in [1.165, 1.54) is 0 Å². The maximum Gasteiger partial charge on any atom is 1.00 e. The first kappa shape index (κ1) is 10.4. The van der Waals surface area contributed by atoms with Crippen LogP contribution in [0.1, 0.15) is 14.3 Å². The molecule has 0 aromatic heterocycles. The molecule has 0 spiro atoms. The number of carboxylic acids is 1. The van der Waals surface area contributed by atoms with Crippen LogP contribution in [0, 0.1) is 5.92 Å². The standard InChI is InChI=1S/C6H11NO2.Na.H/c8-6(9)5-1-3-7-4-2-5;;/h5,7H,1-4H2,(H,8,9);;/q;+1;-1. The SMILES string of the molecule is O=C(O)C1CCNCC1.[H-].[Na+]. The Balaban J connectivity index is 0. The van der Waals surface area contributed by atoms with E-state index in [1.54, 1.807) is 0 Å². The second-order valence-electron chi connectivity index (χ2n) is 2.36. The van der Waals surface area contributed by atoms with Crippen molar-refractivity contribution in [2.75, 3.05) is 13.1 Å². The molecule has 0 aromatic rings. The Morgan fingerprint density at radius 2 is 2.00 bits per heavy atom. The summed E-state index contributed by atoms with van der Waals surface area (Å²) in [6, 6.07) is 0. The molecule has 0 unspecified atom stereocenters. The van der Waals surface area contributed by atoms with Gasteiger partial charge in [-0.15, -0.1) is 0 Å². The first-order valence-corrected chi connectivity index (χ1v) is 3.24. The van der Waals surface area contributed by atoms with Crippen LogP contribution in [0.25, 0.3) is 0 Å². The first-order valence-electron chi connectivity index (χ1n) is 3.24. The van der Waals surface area contributed by atoms with E-state index in [0.29, 0.717) is 0 Å². The maximum atomic E-state index is 10.3. The molecule has 10 heavy (non-hydrogen) atoms. The molecule has 1 fully saturated rings. The zero-order valence-electron chi connectivity index (χ0n) is 7.26. The minimum Gasteiger partial charge on any atom is -1.00 e. The number of carboxylic acid groups (broad SMARTS) is 1. The maximum absolute atomic E-state index is 10.3. The smallest absolute Gasteiger partial charge is 1.00 e. The zero-order chi connectivity index (χ0) is 6.69. The van der Waals surface area contributed by atoms with Crippen LogP contribution in [0.4, 0.5) is 0 Å². The molecule has 3 nitrogen and oxygen atoms in total. The van der Waals surface area contributed by atoms with Crippen LogP contribution in [0.5, 0.6) is 0 Å². The van der Waals surface area contributed by atoms with Crippen molar-refractivity contribution in [1.82, 2.24) is 5.32 Å². The molecule has 1 heterocycles. The molecule has 4 heteroatoms. The van der Waals surface area contributed by atoms with E-state index in [0.717, 1.165) is 25.9 Å². The Hall–Kier alpha value is 0.430. The van der Waals surface area contributed by atoms with Gasteiger partial charge in [0.2, 0.25) is 0 Å². The molecule has 0 bridgehead atoms. The molecule has 0 atom stereocenters. The van der Waals surface area contributed by atoms with Crippen molar-refractivity contribution in [2.24, 2.45) is 5.92 Å². The Morgan fingerprint density at radius 3 is 2.30 bits per heavy atom. The van der Waals surface area contributed by atoms with Crippen molar-refractivity contribution in [3.05, 3.63) is 0 Å². The molecular formula is C6H12NNaO2. The van der Waals surface area contributed by atoms with E-state index in [4.69, 9.17) is 5.11 Å². The van der Waals surface area contributed by atoms with Gasteiger partial charge in [0, 0.05) is 0 Å². The average molecular weight is 153 g/mol. The van der Waals surface area contributed by atoms with Crippen molar-refractivity contribution >= 4 is 5.97 Å². The van der Waals surface area contributed by atoms with Crippen LogP contribution in [-0.4, -0.2) is 24.2 Å². The van der Waals surface area contributed by atoms with E-state index in [-0.39, 0.29) is 36.9 Å². The van der Waals surface area contributed by atoms with Gasteiger partial charge in [0.25, 0.3) is 0 Å². The Morgan fingerprint density at radius 1 is 1.50 bits per heavy atom. The van der Waals surface area contributed by atoms with Gasteiger partial charge >= 0.3 is 35.5 Å². The van der Waals surface area contributed by atoms with Crippen molar-refractivity contribution < 1.29 is 40.9 Å². The molecule has 0 aliphatic carbocycles. The van der Waals surface area contributed by atoms with Crippen LogP contribution in [-0.2, 0) is 4.79 Å². The number of carbonyl (C=O) groups is 1. The summed E-state index contributed by atoms with van der Waals surface area (Å²) >= 11 is 0. The predicted molar refractivity (Wildman–Crippen MR) is 34.3 cm³/mol. The van der Waals surface area contributed by atoms with Gasteiger partial charge in [-0.05, 0) is 25.9 Å². The fourth-order valence-corrected chi connectivity index (χ4v) is 1.07. The number of hydrogen-bond donors (Lipinski definition) is 2. The molecule has 1 aliphatic rings. The third-order valence-corrected chi connectivity index (χ3v) is 1.69. The quantitative estimate of drug-likeness (QED) is 0.400. The van der Waals surface area contributed by atoms with Crippen molar-refractivity contribution in [2.45, 2.75) is 12.8 Å². The van der Waals surface area contributed by atoms with E-state index >= 15 is 0 Å². The fourth-order valence-electron chi connectivity index (χ4n) is 1.07. The summed E-state index contributed by atoms with van der Waals surface area (Å²) in [5.41, 5.74) is 0. The fraction of sp³-hybridized carbons (Fsp3) is 0.833. The van der Waals surface area contributed by atoms with E-state index in [2.05, 4.69) is 5.32 Å². The first-order chi connectivity index (χ1) is 4.30. The second kappa shape index (κ2) is 5.13. The van der Waals surface area contributed by atoms with Crippen LogP contribution in [0.15, 0.2) is 0 Å². The summed E-state index contributed by atoms with van der Waals surface area (Å²) < 4.78 is 0. The second-order valence-corrected chi connectivity index (χ2v) is 2.36. The normalized spacial score (nSPS) is 19.6. The zero-order valence-corrected chi connectivity index (χ0v) is 8.26. The molecule has 54 valence electrons. The third kappa shape index (κ3) is 3.01. The van der Waals surface area contributed by atoms with Gasteiger partial charge in [-0.2, -0.15) is 0 Å². The van der Waals surface area contributed by atoms with Crippen molar-refractivity contribution in [3.63, 3.8) is 0 Å². The summed E-state index contributed by atoms with van der Waals surface area (Å²) in [5, 5.41) is 11.6. The number of aliphatic carboxylic acids is 1. The number of hydrogen-bond acceptors (Lipinski definition) is 2. The van der Waals surface area contributed by atoms with E-state index in [9.17, 15) is 4.79 Å². The average Bonchev–Trinajstić information content (AvgIpc) is 1.90. The van der Waals surface area contributed by atoms with Gasteiger partial charge in [0.1, 0.15) is 0 Å². The summed E-state index contributed by atoms with van der Waals surface area (Å²) in [6.45, 7) is 1.72. The van der Waals surface area contributed by atoms with E-state index in [1.807, 2.05) is 0 Å². The number of nitrogens with one attached hydrogen (secondary N) is 1. The molecule has 1 rings (SSSR count). The summed E-state index contributed by atoms with van der Waals surface area (Å²) in [7, 11) is 0. The molecule has 1 saturated heterocycles. The van der Waals surface area contributed by atoms with Gasteiger partial charge in [0.15, 0.2) is 0 Å². The van der Waals surface area contributed by atoms with Crippen LogP contribution >= 0.6 is 0 Å². The van der Waals surface area contributed by atoms with Crippen LogP contribution < -0.4 is 34.9 Å². The minimum absolute atomic E-state index is 0. The monoisotopic (exact) mass is 153 g/mol.